The quantitative estimate of drug-likeness (QED) is 0.442. The van der Waals surface area contributed by atoms with Crippen LogP contribution < -0.4 is 5.32 Å². The fraction of sp³-hybridized carbons (Fsp3) is 0.0667. The minimum Gasteiger partial charge on any atom is -0.354 e. The Morgan fingerprint density at radius 1 is 1.18 bits per heavy atom. The second-order valence-electron chi connectivity index (χ2n) is 4.57. The predicted octanol–water partition coefficient (Wildman–Crippen LogP) is 3.50. The molecule has 0 atom stereocenters. The van der Waals surface area contributed by atoms with Crippen LogP contribution in [0.15, 0.2) is 48.5 Å². The number of nitrogens with one attached hydrogen (secondary N) is 1. The maximum absolute atomic E-state index is 12.1. The number of carbonyl (C=O) groups excluding carboxylic acids is 1. The van der Waals surface area contributed by atoms with E-state index in [0.717, 1.165) is 10.2 Å². The van der Waals surface area contributed by atoms with Crippen molar-refractivity contribution < 1.29 is 9.72 Å². The minimum atomic E-state index is -0.492. The third kappa shape index (κ3) is 2.94. The molecule has 0 saturated carbocycles. The highest BCUT2D eigenvalue weighted by Gasteiger charge is 2.10. The average Bonchev–Trinajstić information content (AvgIpc) is 2.95. The van der Waals surface area contributed by atoms with Gasteiger partial charge in [-0.2, -0.15) is 0 Å². The number of Topliss-reactive ketones (excluding diaryl/α,β-unsaturated/α-hetero) is 1. The molecule has 110 valence electrons. The summed E-state index contributed by atoms with van der Waals surface area (Å²) in [5.41, 5.74) is 1.28. The van der Waals surface area contributed by atoms with Crippen LogP contribution >= 0.6 is 11.3 Å². The minimum absolute atomic E-state index is 0.0318. The van der Waals surface area contributed by atoms with E-state index in [1.165, 1.54) is 35.6 Å². The summed E-state index contributed by atoms with van der Waals surface area (Å²) in [5.74, 6) is -0.144. The first kappa shape index (κ1) is 14.2. The van der Waals surface area contributed by atoms with Gasteiger partial charge in [-0.3, -0.25) is 14.9 Å². The first-order valence-electron chi connectivity index (χ1n) is 6.50. The molecule has 0 aliphatic carbocycles. The Hall–Kier alpha value is -2.80. The molecule has 0 spiro atoms. The number of aromatic nitrogens is 1. The number of ketones is 1. The zero-order valence-electron chi connectivity index (χ0n) is 11.4. The van der Waals surface area contributed by atoms with Gasteiger partial charge in [0.15, 0.2) is 10.9 Å². The maximum Gasteiger partial charge on any atom is 0.269 e. The van der Waals surface area contributed by atoms with Crippen LogP contribution in [0.1, 0.15) is 10.4 Å². The summed E-state index contributed by atoms with van der Waals surface area (Å²) in [6, 6.07) is 13.3. The van der Waals surface area contributed by atoms with Gasteiger partial charge in [-0.1, -0.05) is 23.5 Å². The van der Waals surface area contributed by atoms with Crippen molar-refractivity contribution in [2.75, 3.05) is 11.9 Å². The second-order valence-corrected chi connectivity index (χ2v) is 5.60. The molecule has 1 aromatic heterocycles. The van der Waals surface area contributed by atoms with Gasteiger partial charge in [0, 0.05) is 17.7 Å². The first-order valence-corrected chi connectivity index (χ1v) is 7.32. The van der Waals surface area contributed by atoms with Gasteiger partial charge in [-0.25, -0.2) is 4.98 Å². The van der Waals surface area contributed by atoms with Crippen molar-refractivity contribution in [2.45, 2.75) is 0 Å². The van der Waals surface area contributed by atoms with Crippen LogP contribution in [0.25, 0.3) is 10.2 Å². The molecule has 22 heavy (non-hydrogen) atoms. The van der Waals surface area contributed by atoms with E-state index in [0.29, 0.717) is 10.7 Å². The van der Waals surface area contributed by atoms with Crippen molar-refractivity contribution >= 4 is 38.2 Å². The first-order chi connectivity index (χ1) is 10.6. The number of non-ortho nitro benzene ring substituents is 1. The van der Waals surface area contributed by atoms with Gasteiger partial charge < -0.3 is 5.32 Å². The van der Waals surface area contributed by atoms with E-state index in [4.69, 9.17) is 0 Å². The van der Waals surface area contributed by atoms with Crippen LogP contribution in [0.3, 0.4) is 0 Å². The summed E-state index contributed by atoms with van der Waals surface area (Å²) >= 11 is 1.48. The molecule has 0 bridgehead atoms. The number of benzene rings is 2. The molecule has 6 nitrogen and oxygen atoms in total. The molecule has 3 rings (SSSR count). The van der Waals surface area contributed by atoms with Crippen LogP contribution in [-0.4, -0.2) is 22.2 Å². The zero-order chi connectivity index (χ0) is 15.5. The van der Waals surface area contributed by atoms with E-state index >= 15 is 0 Å². The lowest BCUT2D eigenvalue weighted by Gasteiger charge is -2.02. The van der Waals surface area contributed by atoms with E-state index in [-0.39, 0.29) is 18.0 Å². The normalized spacial score (nSPS) is 10.5. The molecule has 0 fully saturated rings. The molecule has 1 heterocycles. The van der Waals surface area contributed by atoms with E-state index in [1.807, 2.05) is 24.3 Å². The molecular formula is C15H11N3O3S. The Morgan fingerprint density at radius 3 is 2.59 bits per heavy atom. The molecule has 2 aromatic carbocycles. The highest BCUT2D eigenvalue weighted by molar-refractivity contribution is 7.22. The lowest BCUT2D eigenvalue weighted by Crippen LogP contribution is -2.13. The topological polar surface area (TPSA) is 85.1 Å². The van der Waals surface area contributed by atoms with E-state index in [2.05, 4.69) is 10.3 Å². The number of carbonyl (C=O) groups is 1. The Morgan fingerprint density at radius 2 is 1.91 bits per heavy atom. The monoisotopic (exact) mass is 313 g/mol. The smallest absolute Gasteiger partial charge is 0.269 e. The largest absolute Gasteiger partial charge is 0.354 e. The van der Waals surface area contributed by atoms with E-state index in [1.54, 1.807) is 0 Å². The molecule has 1 N–H and O–H groups in total. The van der Waals surface area contributed by atoms with Gasteiger partial charge in [-0.05, 0) is 24.3 Å². The lowest BCUT2D eigenvalue weighted by atomic mass is 10.1. The van der Waals surface area contributed by atoms with Gasteiger partial charge in [0.05, 0.1) is 21.7 Å². The number of nitro groups is 1. The van der Waals surface area contributed by atoms with Gasteiger partial charge in [0.1, 0.15) is 0 Å². The van der Waals surface area contributed by atoms with Gasteiger partial charge in [0.25, 0.3) is 5.69 Å². The number of para-hydroxylation sites is 1. The fourth-order valence-corrected chi connectivity index (χ4v) is 2.84. The number of anilines is 1. The summed E-state index contributed by atoms with van der Waals surface area (Å²) in [5, 5.41) is 14.3. The van der Waals surface area contributed by atoms with Crippen LogP contribution in [-0.2, 0) is 0 Å². The van der Waals surface area contributed by atoms with Crippen LogP contribution in [0.2, 0.25) is 0 Å². The van der Waals surface area contributed by atoms with Crippen molar-refractivity contribution in [1.82, 2.24) is 4.98 Å². The number of thiazole rings is 1. The number of hydrogen-bond donors (Lipinski definition) is 1. The van der Waals surface area contributed by atoms with Crippen LogP contribution in [0.4, 0.5) is 10.8 Å². The molecule has 3 aromatic rings. The Labute approximate surface area is 129 Å². The Balaban J connectivity index is 1.67. The van der Waals surface area contributed by atoms with E-state index < -0.39 is 4.92 Å². The van der Waals surface area contributed by atoms with Crippen LogP contribution in [0.5, 0.6) is 0 Å². The standard InChI is InChI=1S/C15H11N3O3S/c19-13(10-5-7-11(8-6-10)18(20)21)9-16-15-17-12-3-1-2-4-14(12)22-15/h1-8H,9H2,(H,16,17). The van der Waals surface area contributed by atoms with E-state index in [9.17, 15) is 14.9 Å². The molecule has 7 heteroatoms. The molecule has 0 aliphatic rings. The highest BCUT2D eigenvalue weighted by Crippen LogP contribution is 2.25. The summed E-state index contributed by atoms with van der Waals surface area (Å²) in [7, 11) is 0. The number of hydrogen-bond acceptors (Lipinski definition) is 6. The fourth-order valence-electron chi connectivity index (χ4n) is 1.97. The molecular weight excluding hydrogens is 302 g/mol. The Bertz CT molecular complexity index is 810. The van der Waals surface area contributed by atoms with Crippen molar-refractivity contribution in [1.29, 1.82) is 0 Å². The predicted molar refractivity (Wildman–Crippen MR) is 85.5 cm³/mol. The maximum atomic E-state index is 12.1. The van der Waals surface area contributed by atoms with Gasteiger partial charge in [0.2, 0.25) is 0 Å². The molecule has 0 radical (unpaired) electrons. The SMILES string of the molecule is O=C(CNc1nc2ccccc2s1)c1ccc([N+](=O)[O-])cc1. The van der Waals surface area contributed by atoms with Crippen molar-refractivity contribution in [3.05, 3.63) is 64.2 Å². The summed E-state index contributed by atoms with van der Waals surface area (Å²) in [4.78, 5) is 26.5. The average molecular weight is 313 g/mol. The summed E-state index contributed by atoms with van der Waals surface area (Å²) < 4.78 is 1.05. The van der Waals surface area contributed by atoms with Crippen molar-refractivity contribution in [3.8, 4) is 0 Å². The molecule has 0 amide bonds. The van der Waals surface area contributed by atoms with Crippen molar-refractivity contribution in [3.63, 3.8) is 0 Å². The number of fused-ring (bicyclic) bond motifs is 1. The summed E-state index contributed by atoms with van der Waals surface area (Å²) in [6.45, 7) is 0.0949. The van der Waals surface area contributed by atoms with Crippen molar-refractivity contribution in [2.24, 2.45) is 0 Å². The van der Waals surface area contributed by atoms with Crippen LogP contribution in [0, 0.1) is 10.1 Å². The zero-order valence-corrected chi connectivity index (χ0v) is 12.2. The lowest BCUT2D eigenvalue weighted by molar-refractivity contribution is -0.384. The number of nitro benzene ring substituents is 1. The second kappa shape index (κ2) is 5.90. The third-order valence-electron chi connectivity index (χ3n) is 3.09. The highest BCUT2D eigenvalue weighted by atomic mass is 32.1. The number of nitrogens with zero attached hydrogens (tertiary/aromatic N) is 2. The summed E-state index contributed by atoms with van der Waals surface area (Å²) in [6.07, 6.45) is 0. The van der Waals surface area contributed by atoms with Gasteiger partial charge >= 0.3 is 0 Å². The third-order valence-corrected chi connectivity index (χ3v) is 4.09. The van der Waals surface area contributed by atoms with Gasteiger partial charge in [-0.15, -0.1) is 0 Å². The number of rotatable bonds is 5. The molecule has 0 aliphatic heterocycles. The molecule has 0 saturated heterocycles. The Kier molecular flexibility index (Phi) is 3.80. The molecule has 0 unspecified atom stereocenters.